The molecule has 40 heavy (non-hydrogen) atoms. The van der Waals surface area contributed by atoms with Crippen molar-refractivity contribution in [3.8, 4) is 0 Å². The average Bonchev–Trinajstić information content (AvgIpc) is 3.54. The maximum Gasteiger partial charge on any atom is 0.350 e. The summed E-state index contributed by atoms with van der Waals surface area (Å²) in [6, 6.07) is -0.998. The first-order chi connectivity index (χ1) is 18.9. The number of anilines is 1. The van der Waals surface area contributed by atoms with E-state index < -0.39 is 51.9 Å². The Hall–Kier alpha value is -3.56. The number of fused-ring (bicyclic) bond motifs is 1. The number of rotatable bonds is 12. The fourth-order valence-electron chi connectivity index (χ4n) is 3.59. The van der Waals surface area contributed by atoms with Crippen molar-refractivity contribution >= 4 is 69.7 Å². The van der Waals surface area contributed by atoms with Gasteiger partial charge in [-0.05, 0) is 24.3 Å². The van der Waals surface area contributed by atoms with Gasteiger partial charge in [-0.3, -0.25) is 14.4 Å². The van der Waals surface area contributed by atoms with E-state index in [1.54, 1.807) is 0 Å². The van der Waals surface area contributed by atoms with Gasteiger partial charge in [0, 0.05) is 36.1 Å². The molecule has 3 atom stereocenters. The molecule has 0 saturated carbocycles. The van der Waals surface area contributed by atoms with Gasteiger partial charge in [0.1, 0.15) is 16.8 Å². The summed E-state index contributed by atoms with van der Waals surface area (Å²) in [5.74, 6) is -3.76. The highest BCUT2D eigenvalue weighted by Gasteiger charge is 2.57. The number of hydrogen-bond donors (Lipinski definition) is 5. The van der Waals surface area contributed by atoms with Crippen LogP contribution in [-0.2, 0) is 30.6 Å². The molecule has 0 spiro atoms. The molecule has 21 heteroatoms. The summed E-state index contributed by atoms with van der Waals surface area (Å²) in [6.07, 6.45) is 0. The second-order valence-corrected chi connectivity index (χ2v) is 12.1. The maximum atomic E-state index is 13.1. The summed E-state index contributed by atoms with van der Waals surface area (Å²) in [7, 11) is 0. The molecule has 2 aromatic rings. The first-order valence-corrected chi connectivity index (χ1v) is 14.3. The number of aliphatic carboxylic acids is 2. The minimum absolute atomic E-state index is 0.0293. The Morgan fingerprint density at radius 2 is 2.10 bits per heavy atom. The predicted molar refractivity (Wildman–Crippen MR) is 141 cm³/mol. The number of β-lactam (4-membered cyclic amide) rings is 1. The molecule has 2 saturated heterocycles. The average molecular weight is 616 g/mol. The fraction of sp³-hybridized carbons (Fsp3) is 0.579. The van der Waals surface area contributed by atoms with Crippen LogP contribution < -0.4 is 16.8 Å². The van der Waals surface area contributed by atoms with E-state index in [0.29, 0.717) is 18.2 Å². The number of carboxylic acid groups (broad SMARTS) is 2. The summed E-state index contributed by atoms with van der Waals surface area (Å²) < 4.78 is 5.40. The van der Waals surface area contributed by atoms with Crippen LogP contribution in [0.2, 0.25) is 0 Å². The van der Waals surface area contributed by atoms with Crippen LogP contribution in [0.3, 0.4) is 0 Å². The number of tetrazole rings is 1. The number of amides is 2. The number of nitrogens with two attached hydrogens (primary N) is 2. The summed E-state index contributed by atoms with van der Waals surface area (Å²) in [4.78, 5) is 60.2. The molecule has 7 N–H and O–H groups in total. The van der Waals surface area contributed by atoms with E-state index in [1.807, 2.05) is 0 Å². The third-order valence-corrected chi connectivity index (χ3v) is 9.33. The molecule has 18 nitrogen and oxygen atoms in total. The number of carboxylic acids is 2. The van der Waals surface area contributed by atoms with E-state index >= 15 is 0 Å². The van der Waals surface area contributed by atoms with Gasteiger partial charge in [0.05, 0.1) is 6.54 Å². The van der Waals surface area contributed by atoms with Gasteiger partial charge in [-0.2, -0.15) is 9.36 Å². The molecule has 4 rings (SSSR count). The summed E-state index contributed by atoms with van der Waals surface area (Å²) in [6.45, 7) is 3.05. The predicted octanol–water partition coefficient (Wildman–Crippen LogP) is -2.09. The molecule has 216 valence electrons. The number of nitrogens with zero attached hydrogens (tertiary/aromatic N) is 8. The summed E-state index contributed by atoms with van der Waals surface area (Å²) >= 11 is 3.15. The lowest BCUT2D eigenvalue weighted by Gasteiger charge is -2.53. The van der Waals surface area contributed by atoms with Crippen molar-refractivity contribution < 1.29 is 34.2 Å². The summed E-state index contributed by atoms with van der Waals surface area (Å²) in [5.41, 5.74) is 7.64. The highest BCUT2D eigenvalue weighted by molar-refractivity contribution is 8.00. The van der Waals surface area contributed by atoms with Crippen molar-refractivity contribution in [1.29, 1.82) is 0 Å². The number of aromatic nitrogens is 6. The quantitative estimate of drug-likeness (QED) is 0.0741. The van der Waals surface area contributed by atoms with E-state index in [1.165, 1.54) is 35.2 Å². The van der Waals surface area contributed by atoms with E-state index in [-0.39, 0.29) is 29.0 Å². The number of thioether (sulfide) groups is 2. The number of oxime groups is 1. The molecule has 0 bridgehead atoms. The van der Waals surface area contributed by atoms with Crippen LogP contribution in [-0.4, -0.2) is 116 Å². The number of carbonyl (C=O) groups is 4. The highest BCUT2D eigenvalue weighted by atomic mass is 32.2. The lowest BCUT2D eigenvalue weighted by atomic mass is 9.89. The van der Waals surface area contributed by atoms with E-state index in [0.717, 1.165) is 23.3 Å². The molecule has 2 aliphatic heterocycles. The van der Waals surface area contributed by atoms with Gasteiger partial charge < -0.3 is 36.7 Å². The van der Waals surface area contributed by atoms with Gasteiger partial charge in [0.15, 0.2) is 5.13 Å². The lowest BCUT2D eigenvalue weighted by Crippen LogP contribution is -2.74. The molecule has 4 heterocycles. The molecule has 2 fully saturated rings. The van der Waals surface area contributed by atoms with Crippen molar-refractivity contribution in [2.24, 2.45) is 16.3 Å². The highest BCUT2D eigenvalue weighted by Crippen LogP contribution is 2.44. The Morgan fingerprint density at radius 3 is 2.73 bits per heavy atom. The number of nitrogen functional groups attached to an aromatic ring is 1. The largest absolute Gasteiger partial charge is 0.481 e. The number of nitrogens with one attached hydrogen (secondary N) is 1. The molecule has 0 aromatic carbocycles. The van der Waals surface area contributed by atoms with Gasteiger partial charge in [0.25, 0.3) is 5.91 Å². The molecule has 0 aliphatic carbocycles. The van der Waals surface area contributed by atoms with Crippen molar-refractivity contribution in [3.05, 3.63) is 5.82 Å². The lowest BCUT2D eigenvalue weighted by molar-refractivity contribution is -0.161. The Morgan fingerprint density at radius 1 is 1.35 bits per heavy atom. The molecule has 2 amide bonds. The topological polar surface area (TPSA) is 267 Å². The van der Waals surface area contributed by atoms with Crippen LogP contribution in [0.15, 0.2) is 10.3 Å². The fourth-order valence-corrected chi connectivity index (χ4v) is 6.79. The molecule has 2 unspecified atom stereocenters. The van der Waals surface area contributed by atoms with Gasteiger partial charge in [-0.25, -0.2) is 9.48 Å². The summed E-state index contributed by atoms with van der Waals surface area (Å²) in [5, 5.41) is 36.8. The van der Waals surface area contributed by atoms with Crippen LogP contribution in [0.5, 0.6) is 0 Å². The Bertz CT molecular complexity index is 1350. The second-order valence-electron chi connectivity index (χ2n) is 9.27. The molecule has 2 aliphatic rings. The minimum Gasteiger partial charge on any atom is -0.481 e. The van der Waals surface area contributed by atoms with Gasteiger partial charge in [-0.1, -0.05) is 16.9 Å². The maximum absolute atomic E-state index is 13.1. The molecule has 0 radical (unpaired) electrons. The van der Waals surface area contributed by atoms with Crippen molar-refractivity contribution in [1.82, 2.24) is 39.8 Å². The first-order valence-electron chi connectivity index (χ1n) is 11.5. The van der Waals surface area contributed by atoms with Crippen molar-refractivity contribution in [3.63, 3.8) is 0 Å². The van der Waals surface area contributed by atoms with Crippen molar-refractivity contribution in [2.75, 3.05) is 30.3 Å². The monoisotopic (exact) mass is 615 g/mol. The van der Waals surface area contributed by atoms with Crippen LogP contribution >= 0.6 is 35.1 Å². The third-order valence-electron chi connectivity index (χ3n) is 5.95. The molecule has 2 aromatic heterocycles. The Balaban J connectivity index is 1.45. The van der Waals surface area contributed by atoms with Crippen molar-refractivity contribution in [2.45, 2.75) is 42.6 Å². The zero-order valence-electron chi connectivity index (χ0n) is 21.1. The molecular formula is C19H25N11O7S3. The zero-order chi connectivity index (χ0) is 29.2. The van der Waals surface area contributed by atoms with Gasteiger partial charge >= 0.3 is 11.9 Å². The molecular weight excluding hydrogens is 590 g/mol. The SMILES string of the molecule is CC(C)(ON=C(C(=O)NC1C(=O)N2CC(CSc3nnnn3CCN)(C(=O)O)CS[C@H]12)c1nsc(N)n1)C(=O)O. The zero-order valence-corrected chi connectivity index (χ0v) is 23.5. The van der Waals surface area contributed by atoms with E-state index in [4.69, 9.17) is 16.3 Å². The normalized spacial score (nSPS) is 22.8. The van der Waals surface area contributed by atoms with Crippen LogP contribution in [0.4, 0.5) is 5.13 Å². The second kappa shape index (κ2) is 11.5. The Kier molecular flexibility index (Phi) is 8.46. The van der Waals surface area contributed by atoms with E-state index in [2.05, 4.69) is 35.4 Å². The van der Waals surface area contributed by atoms with E-state index in [9.17, 15) is 29.4 Å². The number of hydrogen-bond acceptors (Lipinski definition) is 16. The van der Waals surface area contributed by atoms with Crippen LogP contribution in [0, 0.1) is 5.41 Å². The van der Waals surface area contributed by atoms with Crippen LogP contribution in [0.25, 0.3) is 0 Å². The van der Waals surface area contributed by atoms with Gasteiger partial charge in [0.2, 0.25) is 28.2 Å². The smallest absolute Gasteiger partial charge is 0.350 e. The first kappa shape index (κ1) is 29.4. The number of carbonyl (C=O) groups excluding carboxylic acids is 2. The van der Waals surface area contributed by atoms with Crippen LogP contribution in [0.1, 0.15) is 19.7 Å². The minimum atomic E-state index is -1.78. The standard InChI is InChI=1S/C19H25N11O7S3/c1-18(2,14(33)34)37-25-8(10-23-16(21)40-26-10)11(31)22-9-12(32)29-5-19(15(35)36,6-38-13(9)29)7-39-17-24-27-28-30(17)4-3-20/h9,13H,3-7,20H2,1-2H3,(H,22,31)(H,33,34)(H,35,36)(H2,21,23,26)/t9?,13-,19?/m1/s1. The van der Waals surface area contributed by atoms with Gasteiger partial charge in [-0.15, -0.1) is 16.9 Å². The Labute approximate surface area is 238 Å². The third kappa shape index (κ3) is 5.81.